The number of benzene rings is 1. The molecule has 0 spiro atoms. The molecule has 0 saturated carbocycles. The number of sulfonamides is 1. The lowest BCUT2D eigenvalue weighted by Crippen LogP contribution is -2.52. The molecule has 9 heteroatoms. The second-order valence-corrected chi connectivity index (χ2v) is 10.2. The molecule has 0 atom stereocenters. The van der Waals surface area contributed by atoms with Crippen molar-refractivity contribution in [3.63, 3.8) is 0 Å². The van der Waals surface area contributed by atoms with Crippen molar-refractivity contribution in [2.75, 3.05) is 52.4 Å². The molecule has 8 nitrogen and oxygen atoms in total. The minimum absolute atomic E-state index is 0.0647. The Labute approximate surface area is 185 Å². The van der Waals surface area contributed by atoms with E-state index in [1.54, 1.807) is 29.2 Å². The lowest BCUT2D eigenvalue weighted by molar-refractivity contribution is -0.135. The van der Waals surface area contributed by atoms with Crippen molar-refractivity contribution in [2.24, 2.45) is 0 Å². The minimum atomic E-state index is -3.61. The van der Waals surface area contributed by atoms with Crippen LogP contribution in [0.2, 0.25) is 0 Å². The average molecular weight is 451 g/mol. The van der Waals surface area contributed by atoms with Crippen LogP contribution in [0.1, 0.15) is 37.7 Å². The second kappa shape index (κ2) is 11.1. The van der Waals surface area contributed by atoms with Crippen LogP contribution in [0.25, 0.3) is 0 Å². The van der Waals surface area contributed by atoms with Crippen molar-refractivity contribution < 1.29 is 18.0 Å². The SMILES string of the molecule is Cc1ccc(S(=O)(=O)NCCC(=O)N2CCN(CC(=O)N3CCCCCC3)CC2)cc1. The number of carbonyl (C=O) groups excluding carboxylic acids is 2. The topological polar surface area (TPSA) is 90.0 Å². The molecule has 2 heterocycles. The van der Waals surface area contributed by atoms with Crippen LogP contribution >= 0.6 is 0 Å². The number of carbonyl (C=O) groups is 2. The Morgan fingerprint density at radius 1 is 0.839 bits per heavy atom. The van der Waals surface area contributed by atoms with Crippen molar-refractivity contribution in [3.05, 3.63) is 29.8 Å². The summed E-state index contributed by atoms with van der Waals surface area (Å²) in [6.07, 6.45) is 4.69. The molecule has 0 bridgehead atoms. The summed E-state index contributed by atoms with van der Waals surface area (Å²) in [5.74, 6) is 0.122. The maximum atomic E-state index is 12.5. The van der Waals surface area contributed by atoms with Gasteiger partial charge in [0.1, 0.15) is 0 Å². The fourth-order valence-electron chi connectivity index (χ4n) is 4.02. The van der Waals surface area contributed by atoms with Gasteiger partial charge in [-0.1, -0.05) is 30.5 Å². The van der Waals surface area contributed by atoms with E-state index in [-0.39, 0.29) is 29.7 Å². The van der Waals surface area contributed by atoms with Gasteiger partial charge in [0.2, 0.25) is 21.8 Å². The normalized spacial score (nSPS) is 18.6. The van der Waals surface area contributed by atoms with Crippen LogP contribution in [0, 0.1) is 6.92 Å². The number of piperazine rings is 1. The third kappa shape index (κ3) is 7.02. The molecule has 0 unspecified atom stereocenters. The van der Waals surface area contributed by atoms with Crippen molar-refractivity contribution in [2.45, 2.75) is 43.9 Å². The summed E-state index contributed by atoms with van der Waals surface area (Å²) in [4.78, 5) is 31.1. The molecule has 2 fully saturated rings. The highest BCUT2D eigenvalue weighted by molar-refractivity contribution is 7.89. The number of rotatable bonds is 7. The molecule has 2 aliphatic heterocycles. The van der Waals surface area contributed by atoms with Gasteiger partial charge in [-0.3, -0.25) is 14.5 Å². The molecule has 3 rings (SSSR count). The summed E-state index contributed by atoms with van der Waals surface area (Å²) in [6.45, 7) is 6.56. The first-order valence-electron chi connectivity index (χ1n) is 11.2. The van der Waals surface area contributed by atoms with Gasteiger partial charge in [-0.05, 0) is 31.9 Å². The summed E-state index contributed by atoms with van der Waals surface area (Å²) < 4.78 is 27.1. The van der Waals surface area contributed by atoms with E-state index in [9.17, 15) is 18.0 Å². The van der Waals surface area contributed by atoms with Crippen LogP contribution in [0.15, 0.2) is 29.2 Å². The molecular weight excluding hydrogens is 416 g/mol. The Hall–Kier alpha value is -1.97. The summed E-state index contributed by atoms with van der Waals surface area (Å²) in [5.41, 5.74) is 0.987. The number of amides is 2. The zero-order chi connectivity index (χ0) is 22.3. The van der Waals surface area contributed by atoms with Gasteiger partial charge < -0.3 is 9.80 Å². The zero-order valence-corrected chi connectivity index (χ0v) is 19.2. The van der Waals surface area contributed by atoms with Gasteiger partial charge in [0.05, 0.1) is 11.4 Å². The number of nitrogens with zero attached hydrogens (tertiary/aromatic N) is 3. The van der Waals surface area contributed by atoms with E-state index < -0.39 is 10.0 Å². The number of hydrogen-bond donors (Lipinski definition) is 1. The Bertz CT molecular complexity index is 841. The Morgan fingerprint density at radius 2 is 1.42 bits per heavy atom. The molecular formula is C22H34N4O4S. The van der Waals surface area contributed by atoms with Crippen LogP contribution in [0.3, 0.4) is 0 Å². The van der Waals surface area contributed by atoms with Crippen LogP contribution in [-0.2, 0) is 19.6 Å². The Balaban J connectivity index is 1.38. The van der Waals surface area contributed by atoms with Gasteiger partial charge in [0, 0.05) is 52.2 Å². The number of hydrogen-bond acceptors (Lipinski definition) is 5. The third-order valence-corrected chi connectivity index (χ3v) is 7.48. The first-order chi connectivity index (χ1) is 14.8. The highest BCUT2D eigenvalue weighted by Crippen LogP contribution is 2.12. The first kappa shape index (κ1) is 23.7. The number of likely N-dealkylation sites (tertiary alicyclic amines) is 1. The van der Waals surface area contributed by atoms with Crippen molar-refractivity contribution >= 4 is 21.8 Å². The van der Waals surface area contributed by atoms with Gasteiger partial charge in [-0.25, -0.2) is 13.1 Å². The number of nitrogens with one attached hydrogen (secondary N) is 1. The quantitative estimate of drug-likeness (QED) is 0.674. The molecule has 1 aromatic carbocycles. The van der Waals surface area contributed by atoms with E-state index in [0.717, 1.165) is 31.5 Å². The maximum absolute atomic E-state index is 12.5. The van der Waals surface area contributed by atoms with Gasteiger partial charge in [0.15, 0.2) is 0 Å². The lowest BCUT2D eigenvalue weighted by atomic mass is 10.2. The van der Waals surface area contributed by atoms with Gasteiger partial charge >= 0.3 is 0 Å². The molecule has 1 aromatic rings. The van der Waals surface area contributed by atoms with Crippen LogP contribution in [0.5, 0.6) is 0 Å². The zero-order valence-electron chi connectivity index (χ0n) is 18.4. The molecule has 2 saturated heterocycles. The van der Waals surface area contributed by atoms with E-state index in [1.807, 2.05) is 11.8 Å². The predicted molar refractivity (Wildman–Crippen MR) is 119 cm³/mol. The molecule has 31 heavy (non-hydrogen) atoms. The highest BCUT2D eigenvalue weighted by Gasteiger charge is 2.24. The summed E-state index contributed by atoms with van der Waals surface area (Å²) in [6, 6.07) is 6.62. The lowest BCUT2D eigenvalue weighted by Gasteiger charge is -2.35. The van der Waals surface area contributed by atoms with E-state index in [0.29, 0.717) is 32.7 Å². The molecule has 1 N–H and O–H groups in total. The standard InChI is InChI=1S/C22H34N4O4S/c1-19-6-8-20(9-7-19)31(29,30)23-11-10-21(27)26-16-14-24(15-17-26)18-22(28)25-12-4-2-3-5-13-25/h6-9,23H,2-5,10-18H2,1H3. The third-order valence-electron chi connectivity index (χ3n) is 6.00. The van der Waals surface area contributed by atoms with Gasteiger partial charge in [0.25, 0.3) is 0 Å². The van der Waals surface area contributed by atoms with Crippen LogP contribution < -0.4 is 4.72 Å². The largest absolute Gasteiger partial charge is 0.342 e. The number of aryl methyl sites for hydroxylation is 1. The Morgan fingerprint density at radius 3 is 2.03 bits per heavy atom. The first-order valence-corrected chi connectivity index (χ1v) is 12.7. The van der Waals surface area contributed by atoms with Crippen LogP contribution in [-0.4, -0.2) is 87.3 Å². The fourth-order valence-corrected chi connectivity index (χ4v) is 5.05. The van der Waals surface area contributed by atoms with E-state index in [2.05, 4.69) is 9.62 Å². The second-order valence-electron chi connectivity index (χ2n) is 8.41. The molecule has 172 valence electrons. The van der Waals surface area contributed by atoms with Crippen molar-refractivity contribution in [1.82, 2.24) is 19.4 Å². The van der Waals surface area contributed by atoms with E-state index in [4.69, 9.17) is 0 Å². The summed E-state index contributed by atoms with van der Waals surface area (Å²) >= 11 is 0. The molecule has 2 amide bonds. The molecule has 2 aliphatic rings. The Kier molecular flexibility index (Phi) is 8.45. The van der Waals surface area contributed by atoms with E-state index >= 15 is 0 Å². The summed E-state index contributed by atoms with van der Waals surface area (Å²) in [5, 5.41) is 0. The highest BCUT2D eigenvalue weighted by atomic mass is 32.2. The molecule has 0 radical (unpaired) electrons. The smallest absolute Gasteiger partial charge is 0.240 e. The average Bonchev–Trinajstić information content (AvgIpc) is 3.04. The fraction of sp³-hybridized carbons (Fsp3) is 0.636. The van der Waals surface area contributed by atoms with E-state index in [1.165, 1.54) is 12.8 Å². The van der Waals surface area contributed by atoms with Gasteiger partial charge in [-0.2, -0.15) is 0 Å². The maximum Gasteiger partial charge on any atom is 0.240 e. The minimum Gasteiger partial charge on any atom is -0.342 e. The van der Waals surface area contributed by atoms with Gasteiger partial charge in [-0.15, -0.1) is 0 Å². The van der Waals surface area contributed by atoms with Crippen LogP contribution in [0.4, 0.5) is 0 Å². The van der Waals surface area contributed by atoms with Crippen molar-refractivity contribution in [1.29, 1.82) is 0 Å². The summed E-state index contributed by atoms with van der Waals surface area (Å²) in [7, 11) is -3.61. The predicted octanol–water partition coefficient (Wildman–Crippen LogP) is 1.21. The molecule has 0 aliphatic carbocycles. The van der Waals surface area contributed by atoms with Crippen molar-refractivity contribution in [3.8, 4) is 0 Å². The monoisotopic (exact) mass is 450 g/mol. The molecule has 0 aromatic heterocycles.